The Hall–Kier alpha value is -0.820. The number of nitrogens with two attached hydrogens (primary N) is 1. The molecule has 1 nitrogen and oxygen atoms in total. The maximum absolute atomic E-state index is 5.53. The number of hydrogen-bond acceptors (Lipinski definition) is 1. The fourth-order valence-corrected chi connectivity index (χ4v) is 2.12. The van der Waals surface area contributed by atoms with E-state index in [4.69, 9.17) is 5.73 Å². The average Bonchev–Trinajstić information content (AvgIpc) is 2.20. The van der Waals surface area contributed by atoms with E-state index < -0.39 is 0 Å². The Morgan fingerprint density at radius 2 is 1.47 bits per heavy atom. The number of unbranched alkanes of at least 4 members (excludes halogenated alkanes) is 1. The van der Waals surface area contributed by atoms with E-state index in [1.807, 2.05) is 0 Å². The van der Waals surface area contributed by atoms with Crippen molar-refractivity contribution in [2.24, 2.45) is 5.73 Å². The van der Waals surface area contributed by atoms with Gasteiger partial charge in [0.1, 0.15) is 0 Å². The van der Waals surface area contributed by atoms with Crippen molar-refractivity contribution in [3.63, 3.8) is 0 Å². The van der Waals surface area contributed by atoms with Crippen LogP contribution in [0.5, 0.6) is 0 Å². The monoisotopic (exact) mass is 205 g/mol. The van der Waals surface area contributed by atoms with Crippen LogP contribution in [0.1, 0.15) is 40.7 Å². The number of rotatable bonds is 4. The maximum atomic E-state index is 5.53. The quantitative estimate of drug-likeness (QED) is 0.751. The first-order chi connectivity index (χ1) is 7.07. The van der Waals surface area contributed by atoms with Gasteiger partial charge in [-0.3, -0.25) is 0 Å². The summed E-state index contributed by atoms with van der Waals surface area (Å²) in [4.78, 5) is 0. The Kier molecular flexibility index (Phi) is 4.34. The van der Waals surface area contributed by atoms with Gasteiger partial charge in [-0.2, -0.15) is 0 Å². The van der Waals surface area contributed by atoms with Gasteiger partial charge in [0.15, 0.2) is 0 Å². The summed E-state index contributed by atoms with van der Waals surface area (Å²) in [6.07, 6.45) is 3.52. The first-order valence-corrected chi connectivity index (χ1v) is 5.84. The number of hydrogen-bond donors (Lipinski definition) is 1. The maximum Gasteiger partial charge on any atom is -0.00772 e. The lowest BCUT2D eigenvalue weighted by atomic mass is 9.91. The van der Waals surface area contributed by atoms with E-state index >= 15 is 0 Å². The van der Waals surface area contributed by atoms with E-state index in [2.05, 4.69) is 33.8 Å². The van der Waals surface area contributed by atoms with Gasteiger partial charge in [0.25, 0.3) is 0 Å². The first-order valence-electron chi connectivity index (χ1n) is 5.84. The summed E-state index contributed by atoms with van der Waals surface area (Å²) >= 11 is 0. The molecule has 2 N–H and O–H groups in total. The molecule has 0 heterocycles. The molecule has 0 aliphatic rings. The minimum Gasteiger partial charge on any atom is -0.330 e. The van der Waals surface area contributed by atoms with Crippen LogP contribution >= 0.6 is 0 Å². The van der Waals surface area contributed by atoms with Crippen LogP contribution < -0.4 is 5.73 Å². The van der Waals surface area contributed by atoms with Crippen molar-refractivity contribution in [3.8, 4) is 0 Å². The zero-order chi connectivity index (χ0) is 11.4. The molecular weight excluding hydrogens is 182 g/mol. The fraction of sp³-hybridized carbons (Fsp3) is 0.571. The molecule has 1 aromatic carbocycles. The molecule has 0 spiro atoms. The normalized spacial score (nSPS) is 10.7. The van der Waals surface area contributed by atoms with Crippen molar-refractivity contribution in [1.82, 2.24) is 0 Å². The minimum absolute atomic E-state index is 0.808. The lowest BCUT2D eigenvalue weighted by Crippen LogP contribution is -2.02. The molecule has 0 fully saturated rings. The third kappa shape index (κ3) is 2.82. The molecule has 0 atom stereocenters. The van der Waals surface area contributed by atoms with Gasteiger partial charge in [0.2, 0.25) is 0 Å². The van der Waals surface area contributed by atoms with E-state index in [0.29, 0.717) is 0 Å². The van der Waals surface area contributed by atoms with Gasteiger partial charge in [0.05, 0.1) is 0 Å². The van der Waals surface area contributed by atoms with Crippen LogP contribution in [0.3, 0.4) is 0 Å². The highest BCUT2D eigenvalue weighted by Crippen LogP contribution is 2.23. The molecule has 1 aromatic rings. The zero-order valence-electron chi connectivity index (χ0n) is 10.5. The lowest BCUT2D eigenvalue weighted by molar-refractivity contribution is 0.738. The third-order valence-electron chi connectivity index (χ3n) is 3.40. The predicted octanol–water partition coefficient (Wildman–Crippen LogP) is 3.20. The smallest absolute Gasteiger partial charge is 0.00772 e. The van der Waals surface area contributed by atoms with Crippen LogP contribution in [-0.4, -0.2) is 6.54 Å². The molecule has 0 aliphatic carbocycles. The first kappa shape index (κ1) is 12.3. The van der Waals surface area contributed by atoms with Crippen LogP contribution in [0, 0.1) is 27.7 Å². The Morgan fingerprint density at radius 3 is 1.93 bits per heavy atom. The summed E-state index contributed by atoms with van der Waals surface area (Å²) in [5.41, 5.74) is 12.8. The molecule has 84 valence electrons. The number of benzene rings is 1. The molecule has 0 radical (unpaired) electrons. The molecule has 0 aromatic heterocycles. The van der Waals surface area contributed by atoms with Crippen molar-refractivity contribution < 1.29 is 0 Å². The van der Waals surface area contributed by atoms with Crippen LogP contribution in [0.25, 0.3) is 0 Å². The lowest BCUT2D eigenvalue weighted by Gasteiger charge is -2.15. The highest BCUT2D eigenvalue weighted by Gasteiger charge is 2.07. The van der Waals surface area contributed by atoms with Gasteiger partial charge in [-0.25, -0.2) is 0 Å². The van der Waals surface area contributed by atoms with Crippen molar-refractivity contribution in [3.05, 3.63) is 33.9 Å². The van der Waals surface area contributed by atoms with Gasteiger partial charge >= 0.3 is 0 Å². The predicted molar refractivity (Wildman–Crippen MR) is 67.4 cm³/mol. The third-order valence-corrected chi connectivity index (χ3v) is 3.40. The van der Waals surface area contributed by atoms with Gasteiger partial charge in [-0.15, -0.1) is 0 Å². The second kappa shape index (κ2) is 5.32. The zero-order valence-corrected chi connectivity index (χ0v) is 10.5. The van der Waals surface area contributed by atoms with Gasteiger partial charge in [0, 0.05) is 0 Å². The van der Waals surface area contributed by atoms with Gasteiger partial charge in [-0.1, -0.05) is 6.07 Å². The summed E-state index contributed by atoms with van der Waals surface area (Å²) in [6.45, 7) is 9.68. The molecule has 0 saturated carbocycles. The summed E-state index contributed by atoms with van der Waals surface area (Å²) in [6, 6.07) is 2.29. The molecule has 0 bridgehead atoms. The largest absolute Gasteiger partial charge is 0.330 e. The summed E-state index contributed by atoms with van der Waals surface area (Å²) in [7, 11) is 0. The standard InChI is InChI=1S/C14H23N/c1-10-9-11(2)13(4)14(12(10)3)7-5-6-8-15/h9H,5-8,15H2,1-4H3. The Labute approximate surface area is 93.7 Å². The Bertz CT molecular complexity index is 313. The molecule has 0 amide bonds. The van der Waals surface area contributed by atoms with Crippen LogP contribution in [0.2, 0.25) is 0 Å². The average molecular weight is 205 g/mol. The molecule has 0 aliphatic heterocycles. The molecule has 0 saturated heterocycles. The second-order valence-corrected chi connectivity index (χ2v) is 4.48. The highest BCUT2D eigenvalue weighted by atomic mass is 14.5. The van der Waals surface area contributed by atoms with Crippen molar-refractivity contribution >= 4 is 0 Å². The van der Waals surface area contributed by atoms with E-state index in [-0.39, 0.29) is 0 Å². The fourth-order valence-electron chi connectivity index (χ4n) is 2.12. The van der Waals surface area contributed by atoms with E-state index in [1.165, 1.54) is 35.1 Å². The molecular formula is C14H23N. The van der Waals surface area contributed by atoms with Crippen molar-refractivity contribution in [2.45, 2.75) is 47.0 Å². The number of aryl methyl sites for hydroxylation is 2. The second-order valence-electron chi connectivity index (χ2n) is 4.48. The summed E-state index contributed by atoms with van der Waals surface area (Å²) in [5.74, 6) is 0. The van der Waals surface area contributed by atoms with Crippen molar-refractivity contribution in [1.29, 1.82) is 0 Å². The Balaban J connectivity index is 2.94. The summed E-state index contributed by atoms with van der Waals surface area (Å²) in [5, 5.41) is 0. The SMILES string of the molecule is Cc1cc(C)c(C)c(CCCCN)c1C. The highest BCUT2D eigenvalue weighted by molar-refractivity contribution is 5.43. The van der Waals surface area contributed by atoms with Crippen LogP contribution in [-0.2, 0) is 6.42 Å². The van der Waals surface area contributed by atoms with Crippen LogP contribution in [0.15, 0.2) is 6.07 Å². The van der Waals surface area contributed by atoms with Gasteiger partial charge < -0.3 is 5.73 Å². The molecule has 1 rings (SSSR count). The van der Waals surface area contributed by atoms with E-state index in [1.54, 1.807) is 5.56 Å². The Morgan fingerprint density at radius 1 is 0.933 bits per heavy atom. The molecule has 15 heavy (non-hydrogen) atoms. The van der Waals surface area contributed by atoms with Crippen molar-refractivity contribution in [2.75, 3.05) is 6.54 Å². The molecule has 0 unspecified atom stereocenters. The summed E-state index contributed by atoms with van der Waals surface area (Å²) < 4.78 is 0. The van der Waals surface area contributed by atoms with Crippen LogP contribution in [0.4, 0.5) is 0 Å². The van der Waals surface area contributed by atoms with Gasteiger partial charge in [-0.05, 0) is 81.3 Å². The molecule has 1 heteroatoms. The topological polar surface area (TPSA) is 26.0 Å². The van der Waals surface area contributed by atoms with E-state index in [9.17, 15) is 0 Å². The minimum atomic E-state index is 0.808. The van der Waals surface area contributed by atoms with E-state index in [0.717, 1.165) is 13.0 Å².